The van der Waals surface area contributed by atoms with Gasteiger partial charge in [-0.15, -0.1) is 0 Å². The van der Waals surface area contributed by atoms with Crippen LogP contribution in [0.5, 0.6) is 0 Å². The molecular weight excluding hydrogens is 353 g/mol. The van der Waals surface area contributed by atoms with Crippen molar-refractivity contribution in [2.75, 3.05) is 26.7 Å². The van der Waals surface area contributed by atoms with E-state index in [1.165, 1.54) is 12.1 Å². The second-order valence-electron chi connectivity index (χ2n) is 6.63. The zero-order valence-corrected chi connectivity index (χ0v) is 14.1. The van der Waals surface area contributed by atoms with Crippen molar-refractivity contribution in [2.45, 2.75) is 30.8 Å². The number of carboxylic acids is 1. The Labute approximate surface area is 148 Å². The Morgan fingerprint density at radius 1 is 1.23 bits per heavy atom. The molecule has 1 aromatic carbocycles. The summed E-state index contributed by atoms with van der Waals surface area (Å²) in [6.07, 6.45) is -4.04. The molecule has 2 aliphatic rings. The number of piperidine rings is 1. The van der Waals surface area contributed by atoms with Crippen molar-refractivity contribution in [1.29, 1.82) is 0 Å². The molecular formula is C17H19F3N2O4. The lowest BCUT2D eigenvalue weighted by molar-refractivity contribution is -0.144. The number of nitrogens with zero attached hydrogens (tertiary/aromatic N) is 2. The van der Waals surface area contributed by atoms with Gasteiger partial charge in [0.05, 0.1) is 17.7 Å². The maximum absolute atomic E-state index is 13.3. The van der Waals surface area contributed by atoms with Crippen LogP contribution in [0.3, 0.4) is 0 Å². The van der Waals surface area contributed by atoms with Gasteiger partial charge in [-0.1, -0.05) is 12.1 Å². The molecule has 142 valence electrons. The molecule has 1 spiro atoms. The molecule has 6 nitrogen and oxygen atoms in total. The van der Waals surface area contributed by atoms with E-state index in [1.54, 1.807) is 0 Å². The molecule has 3 rings (SSSR count). The van der Waals surface area contributed by atoms with Crippen LogP contribution >= 0.6 is 0 Å². The van der Waals surface area contributed by atoms with Crippen LogP contribution in [0.15, 0.2) is 24.3 Å². The summed E-state index contributed by atoms with van der Waals surface area (Å²) in [6.45, 7) is 0.868. The topological polar surface area (TPSA) is 70.1 Å². The first kappa shape index (κ1) is 18.7. The number of amides is 1. The van der Waals surface area contributed by atoms with Crippen molar-refractivity contribution in [3.63, 3.8) is 0 Å². The molecule has 1 amide bonds. The number of carboxylic acid groups (broad SMARTS) is 1. The molecule has 0 aromatic heterocycles. The van der Waals surface area contributed by atoms with E-state index in [0.717, 1.165) is 17.0 Å². The van der Waals surface area contributed by atoms with Crippen LogP contribution in [-0.4, -0.2) is 65.3 Å². The molecule has 0 saturated carbocycles. The Kier molecular flexibility index (Phi) is 4.70. The summed E-state index contributed by atoms with van der Waals surface area (Å²) in [5.74, 6) is -2.26. The number of likely N-dealkylation sites (tertiary alicyclic amines) is 1. The van der Waals surface area contributed by atoms with Crippen LogP contribution in [-0.2, 0) is 15.7 Å². The smallest absolute Gasteiger partial charge is 0.417 e. The maximum atomic E-state index is 13.3. The summed E-state index contributed by atoms with van der Waals surface area (Å²) < 4.78 is 45.6. The summed E-state index contributed by atoms with van der Waals surface area (Å²) >= 11 is 0. The van der Waals surface area contributed by atoms with E-state index in [1.807, 2.05) is 11.9 Å². The number of benzene rings is 1. The molecule has 0 unspecified atom stereocenters. The van der Waals surface area contributed by atoms with Crippen LogP contribution < -0.4 is 0 Å². The average Bonchev–Trinajstić information content (AvgIpc) is 2.95. The minimum Gasteiger partial charge on any atom is -0.480 e. The van der Waals surface area contributed by atoms with Crippen LogP contribution in [0.4, 0.5) is 13.2 Å². The number of ether oxygens (including phenoxy) is 1. The minimum atomic E-state index is -4.72. The summed E-state index contributed by atoms with van der Waals surface area (Å²) in [7, 11) is 1.88. The van der Waals surface area contributed by atoms with Gasteiger partial charge in [0.1, 0.15) is 5.72 Å². The van der Waals surface area contributed by atoms with Crippen molar-refractivity contribution >= 4 is 11.9 Å². The fourth-order valence-corrected chi connectivity index (χ4v) is 3.57. The lowest BCUT2D eigenvalue weighted by Gasteiger charge is -2.43. The molecule has 9 heteroatoms. The molecule has 2 heterocycles. The van der Waals surface area contributed by atoms with Crippen molar-refractivity contribution in [3.8, 4) is 0 Å². The standard InChI is InChI=1S/C17H19F3N2O4/c1-21-8-6-16(7-9-21)22(13(10-26-16)15(24)25)14(23)11-4-2-3-5-12(11)17(18,19)20/h2-5,13H,6-10H2,1H3,(H,24,25)/t13-/m1/s1. The second kappa shape index (κ2) is 6.55. The van der Waals surface area contributed by atoms with Gasteiger partial charge in [0, 0.05) is 25.9 Å². The monoisotopic (exact) mass is 372 g/mol. The molecule has 2 aliphatic heterocycles. The zero-order valence-electron chi connectivity index (χ0n) is 14.1. The largest absolute Gasteiger partial charge is 0.480 e. The zero-order chi connectivity index (χ0) is 19.1. The fourth-order valence-electron chi connectivity index (χ4n) is 3.57. The molecule has 2 fully saturated rings. The van der Waals surface area contributed by atoms with Gasteiger partial charge in [-0.25, -0.2) is 4.79 Å². The Balaban J connectivity index is 2.03. The third-order valence-corrected chi connectivity index (χ3v) is 5.00. The van der Waals surface area contributed by atoms with E-state index >= 15 is 0 Å². The Morgan fingerprint density at radius 2 is 1.85 bits per heavy atom. The van der Waals surface area contributed by atoms with E-state index < -0.39 is 40.9 Å². The van der Waals surface area contributed by atoms with Gasteiger partial charge in [0.15, 0.2) is 6.04 Å². The summed E-state index contributed by atoms with van der Waals surface area (Å²) in [5.41, 5.74) is -2.83. The quantitative estimate of drug-likeness (QED) is 0.861. The maximum Gasteiger partial charge on any atom is 0.417 e. The highest BCUT2D eigenvalue weighted by Gasteiger charge is 2.54. The van der Waals surface area contributed by atoms with Crippen LogP contribution in [0, 0.1) is 0 Å². The van der Waals surface area contributed by atoms with Crippen LogP contribution in [0.2, 0.25) is 0 Å². The highest BCUT2D eigenvalue weighted by Crippen LogP contribution is 2.40. The van der Waals surface area contributed by atoms with Crippen LogP contribution in [0.25, 0.3) is 0 Å². The average molecular weight is 372 g/mol. The molecule has 26 heavy (non-hydrogen) atoms. The third-order valence-electron chi connectivity index (χ3n) is 5.00. The molecule has 1 N–H and O–H groups in total. The van der Waals surface area contributed by atoms with Gasteiger partial charge in [-0.3, -0.25) is 9.69 Å². The first-order valence-electron chi connectivity index (χ1n) is 8.21. The normalized spacial score (nSPS) is 23.4. The number of aliphatic carboxylic acids is 1. The number of carbonyl (C=O) groups excluding carboxylic acids is 1. The van der Waals surface area contributed by atoms with Crippen molar-refractivity contribution in [2.24, 2.45) is 0 Å². The number of hydrogen-bond acceptors (Lipinski definition) is 4. The highest BCUT2D eigenvalue weighted by molar-refractivity contribution is 5.98. The van der Waals surface area contributed by atoms with E-state index in [0.29, 0.717) is 25.9 Å². The lowest BCUT2D eigenvalue weighted by atomic mass is 9.96. The second-order valence-corrected chi connectivity index (χ2v) is 6.63. The predicted octanol–water partition coefficient (Wildman–Crippen LogP) is 2.05. The van der Waals surface area contributed by atoms with Crippen molar-refractivity contribution < 1.29 is 32.6 Å². The first-order valence-corrected chi connectivity index (χ1v) is 8.21. The first-order chi connectivity index (χ1) is 12.2. The minimum absolute atomic E-state index is 0.237. The SMILES string of the molecule is CN1CCC2(CC1)OC[C@H](C(=O)O)N2C(=O)c1ccccc1C(F)(F)F. The molecule has 0 aliphatic carbocycles. The summed E-state index contributed by atoms with van der Waals surface area (Å²) in [6, 6.07) is 3.11. The third kappa shape index (κ3) is 3.16. The Hall–Kier alpha value is -2.13. The molecule has 0 radical (unpaired) electrons. The van der Waals surface area contributed by atoms with Gasteiger partial charge < -0.3 is 14.7 Å². The number of rotatable bonds is 2. The van der Waals surface area contributed by atoms with Gasteiger partial charge in [-0.2, -0.15) is 13.2 Å². The van der Waals surface area contributed by atoms with Gasteiger partial charge in [-0.05, 0) is 19.2 Å². The summed E-state index contributed by atoms with van der Waals surface area (Å²) in [4.78, 5) is 27.7. The van der Waals surface area contributed by atoms with Gasteiger partial charge in [0.25, 0.3) is 5.91 Å². The summed E-state index contributed by atoms with van der Waals surface area (Å²) in [5, 5.41) is 9.47. The van der Waals surface area contributed by atoms with Gasteiger partial charge in [0.2, 0.25) is 0 Å². The van der Waals surface area contributed by atoms with E-state index in [2.05, 4.69) is 0 Å². The highest BCUT2D eigenvalue weighted by atomic mass is 19.4. The number of carbonyl (C=O) groups is 2. The number of halogens is 3. The molecule has 1 atom stereocenters. The molecule has 1 aromatic rings. The van der Waals surface area contributed by atoms with E-state index in [-0.39, 0.29) is 6.61 Å². The molecule has 0 bridgehead atoms. The Morgan fingerprint density at radius 3 is 2.42 bits per heavy atom. The predicted molar refractivity (Wildman–Crippen MR) is 84.5 cm³/mol. The Bertz CT molecular complexity index is 714. The van der Waals surface area contributed by atoms with Crippen molar-refractivity contribution in [3.05, 3.63) is 35.4 Å². The number of hydrogen-bond donors (Lipinski definition) is 1. The van der Waals surface area contributed by atoms with E-state index in [4.69, 9.17) is 4.74 Å². The van der Waals surface area contributed by atoms with E-state index in [9.17, 15) is 27.9 Å². The van der Waals surface area contributed by atoms with Gasteiger partial charge >= 0.3 is 12.1 Å². The van der Waals surface area contributed by atoms with Crippen molar-refractivity contribution in [1.82, 2.24) is 9.80 Å². The molecule has 2 saturated heterocycles. The number of alkyl halides is 3. The van der Waals surface area contributed by atoms with Crippen LogP contribution in [0.1, 0.15) is 28.8 Å². The fraction of sp³-hybridized carbons (Fsp3) is 0.529. The lowest BCUT2D eigenvalue weighted by Crippen LogP contribution is -2.58.